The van der Waals surface area contributed by atoms with Gasteiger partial charge in [-0.3, -0.25) is 25.5 Å². The smallest absolute Gasteiger partial charge is 0.240 e. The molecule has 0 bridgehead atoms. The molecule has 5 rings (SSSR count). The summed E-state index contributed by atoms with van der Waals surface area (Å²) < 4.78 is 11.3. The summed E-state index contributed by atoms with van der Waals surface area (Å²) in [5.74, 6) is 0.573. The lowest BCUT2D eigenvalue weighted by atomic mass is 9.70. The summed E-state index contributed by atoms with van der Waals surface area (Å²) in [5, 5.41) is 17.0. The van der Waals surface area contributed by atoms with Crippen LogP contribution in [0.2, 0.25) is 0 Å². The van der Waals surface area contributed by atoms with Gasteiger partial charge in [0.2, 0.25) is 11.8 Å². The van der Waals surface area contributed by atoms with Crippen LogP contribution in [-0.4, -0.2) is 109 Å². The van der Waals surface area contributed by atoms with E-state index in [-0.39, 0.29) is 81.5 Å². The predicted octanol–water partition coefficient (Wildman–Crippen LogP) is 0.684. The summed E-state index contributed by atoms with van der Waals surface area (Å²) in [6, 6.07) is 0.181. The molecule has 13 atom stereocenters. The van der Waals surface area contributed by atoms with Crippen molar-refractivity contribution in [2.45, 2.75) is 85.2 Å². The van der Waals surface area contributed by atoms with Crippen LogP contribution in [0.5, 0.6) is 0 Å². The molecule has 0 aromatic rings. The van der Waals surface area contributed by atoms with Crippen LogP contribution in [0.25, 0.3) is 0 Å². The molecule has 5 fully saturated rings. The van der Waals surface area contributed by atoms with Gasteiger partial charge in [-0.2, -0.15) is 0 Å². The van der Waals surface area contributed by atoms with E-state index in [1.165, 1.54) is 0 Å². The number of ether oxygens (including phenoxy) is 2. The van der Waals surface area contributed by atoms with Crippen LogP contribution in [0, 0.1) is 23.7 Å². The van der Waals surface area contributed by atoms with Crippen molar-refractivity contribution < 1.29 is 19.1 Å². The lowest BCUT2D eigenvalue weighted by molar-refractivity contribution is -0.136. The number of carbonyl (C=O) groups excluding carboxylic acids is 2. The molecule has 2 amide bonds. The number of piperidine rings is 3. The Kier molecular flexibility index (Phi) is 9.93. The molecule has 5 heterocycles. The number of rotatable bonds is 6. The van der Waals surface area contributed by atoms with E-state index >= 15 is 0 Å². The van der Waals surface area contributed by atoms with Gasteiger partial charge in [-0.15, -0.1) is 35.0 Å². The molecule has 0 aromatic heterocycles. The van der Waals surface area contributed by atoms with Gasteiger partial charge in [0.25, 0.3) is 0 Å². The first-order valence-electron chi connectivity index (χ1n) is 14.3. The fourth-order valence-electron chi connectivity index (χ4n) is 7.23. The van der Waals surface area contributed by atoms with Crippen LogP contribution < -0.4 is 26.6 Å². The van der Waals surface area contributed by atoms with E-state index in [2.05, 4.69) is 40.4 Å². The van der Waals surface area contributed by atoms with E-state index in [1.807, 2.05) is 4.90 Å². The molecule has 13 unspecified atom stereocenters. The van der Waals surface area contributed by atoms with Gasteiger partial charge in [-0.25, -0.2) is 0 Å². The van der Waals surface area contributed by atoms with Gasteiger partial charge in [-0.1, -0.05) is 6.92 Å². The van der Waals surface area contributed by atoms with Crippen molar-refractivity contribution in [1.82, 2.24) is 31.5 Å². The Morgan fingerprint density at radius 2 is 1.77 bits per heavy atom. The van der Waals surface area contributed by atoms with Crippen LogP contribution in [0.4, 0.5) is 0 Å². The van der Waals surface area contributed by atoms with Crippen molar-refractivity contribution >= 4 is 46.8 Å². The highest BCUT2D eigenvalue weighted by Crippen LogP contribution is 2.39. The van der Waals surface area contributed by atoms with Gasteiger partial charge in [0.1, 0.15) is 11.7 Å². The van der Waals surface area contributed by atoms with E-state index in [0.29, 0.717) is 32.2 Å². The quantitative estimate of drug-likeness (QED) is 0.220. The molecular formula is C26H44Cl2N6O4S. The number of nitrogens with one attached hydrogen (secondary N) is 5. The van der Waals surface area contributed by atoms with Crippen LogP contribution >= 0.6 is 35.0 Å². The van der Waals surface area contributed by atoms with Crippen LogP contribution in [-0.2, 0) is 19.1 Å². The summed E-state index contributed by atoms with van der Waals surface area (Å²) in [6.07, 6.45) is 2.16. The van der Waals surface area contributed by atoms with E-state index < -0.39 is 0 Å². The second-order valence-electron chi connectivity index (χ2n) is 12.0. The van der Waals surface area contributed by atoms with Crippen molar-refractivity contribution in [3.63, 3.8) is 0 Å². The Morgan fingerprint density at radius 3 is 2.49 bits per heavy atom. The Hall–Kier alpha value is -0.370. The van der Waals surface area contributed by atoms with Crippen molar-refractivity contribution in [1.29, 1.82) is 0 Å². The van der Waals surface area contributed by atoms with E-state index in [1.54, 1.807) is 26.0 Å². The maximum absolute atomic E-state index is 13.6. The number of amides is 2. The third-order valence-corrected chi connectivity index (χ3v) is 11.5. The number of carbonyl (C=O) groups is 2. The highest BCUT2D eigenvalue weighted by molar-refractivity contribution is 8.00. The summed E-state index contributed by atoms with van der Waals surface area (Å²) in [5.41, 5.74) is -0.269. The zero-order chi connectivity index (χ0) is 27.8. The maximum atomic E-state index is 13.6. The average molecular weight is 608 g/mol. The molecule has 5 N–H and O–H groups in total. The summed E-state index contributed by atoms with van der Waals surface area (Å²) in [4.78, 5) is 29.0. The Labute approximate surface area is 246 Å². The van der Waals surface area contributed by atoms with Gasteiger partial charge in [0.05, 0.1) is 28.9 Å². The summed E-state index contributed by atoms with van der Waals surface area (Å²) in [6.45, 7) is 6.88. The monoisotopic (exact) mass is 606 g/mol. The number of methoxy groups -OCH3 is 2. The van der Waals surface area contributed by atoms with Crippen molar-refractivity contribution in [2.24, 2.45) is 23.7 Å². The van der Waals surface area contributed by atoms with Crippen molar-refractivity contribution in [3.8, 4) is 0 Å². The molecule has 5 aliphatic heterocycles. The molecule has 13 heteroatoms. The molecule has 39 heavy (non-hydrogen) atoms. The van der Waals surface area contributed by atoms with Crippen molar-refractivity contribution in [2.75, 3.05) is 40.4 Å². The topological polar surface area (TPSA) is 116 Å². The van der Waals surface area contributed by atoms with Gasteiger partial charge >= 0.3 is 0 Å². The molecule has 222 valence electrons. The first kappa shape index (κ1) is 30.1. The second-order valence-corrected chi connectivity index (χ2v) is 14.4. The minimum Gasteiger partial charge on any atom is -0.380 e. The van der Waals surface area contributed by atoms with Crippen LogP contribution in [0.15, 0.2) is 0 Å². The molecule has 5 aliphatic rings. The standard InChI is InChI=1S/C26H44Cl2N6O4S/c1-12-5-17(27)24(38-4)32-22(12)25(36)34-10-18-20(11-34)39-26(31-18)33-23(35)16-8-29-13(2)6-14(16)15-7-21(28)30-9-19(15)37-3/h12-22,24,26,29-32H,5-11H2,1-4H3,(H,33,35). The molecule has 0 aromatic carbocycles. The molecule has 0 saturated carbocycles. The number of fused-ring (bicyclic) bond motifs is 1. The predicted molar refractivity (Wildman–Crippen MR) is 154 cm³/mol. The summed E-state index contributed by atoms with van der Waals surface area (Å²) >= 11 is 14.6. The number of hydrogen-bond donors (Lipinski definition) is 5. The fourth-order valence-corrected chi connectivity index (χ4v) is 9.39. The van der Waals surface area contributed by atoms with Crippen molar-refractivity contribution in [3.05, 3.63) is 0 Å². The minimum atomic E-state index is -0.327. The van der Waals surface area contributed by atoms with Gasteiger partial charge in [-0.05, 0) is 43.9 Å². The number of thioether (sulfide) groups is 1. The fraction of sp³-hybridized carbons (Fsp3) is 0.923. The first-order chi connectivity index (χ1) is 18.7. The average Bonchev–Trinajstić information content (AvgIpc) is 3.47. The Balaban J connectivity index is 1.16. The molecule has 0 radical (unpaired) electrons. The zero-order valence-corrected chi connectivity index (χ0v) is 25.5. The maximum Gasteiger partial charge on any atom is 0.240 e. The zero-order valence-electron chi connectivity index (χ0n) is 23.2. The molecule has 0 aliphatic carbocycles. The van der Waals surface area contributed by atoms with E-state index in [4.69, 9.17) is 32.7 Å². The van der Waals surface area contributed by atoms with Gasteiger partial charge in [0.15, 0.2) is 0 Å². The van der Waals surface area contributed by atoms with Gasteiger partial charge in [0, 0.05) is 57.7 Å². The van der Waals surface area contributed by atoms with E-state index in [0.717, 1.165) is 19.3 Å². The highest BCUT2D eigenvalue weighted by Gasteiger charge is 2.48. The van der Waals surface area contributed by atoms with Crippen LogP contribution in [0.1, 0.15) is 33.1 Å². The SMILES string of the molecule is COC1CNC(Cl)CC1C1CC(C)NCC1C(=O)NC1NC2CN(C(=O)C3NC(OC)C(Cl)CC3C)CC2S1. The molecular weight excluding hydrogens is 563 g/mol. The number of hydrogen-bond acceptors (Lipinski definition) is 9. The first-order valence-corrected chi connectivity index (χ1v) is 16.1. The number of alkyl halides is 2. The van der Waals surface area contributed by atoms with Crippen LogP contribution in [0.3, 0.4) is 0 Å². The second kappa shape index (κ2) is 12.9. The largest absolute Gasteiger partial charge is 0.380 e. The number of likely N-dealkylation sites (tertiary alicyclic amines) is 1. The van der Waals surface area contributed by atoms with E-state index in [9.17, 15) is 9.59 Å². The Bertz CT molecular complexity index is 879. The normalized spacial score (nSPS) is 46.6. The molecule has 10 nitrogen and oxygen atoms in total. The third-order valence-electron chi connectivity index (χ3n) is 9.40. The Morgan fingerprint density at radius 1 is 0.974 bits per heavy atom. The molecule has 0 spiro atoms. The number of nitrogens with zero attached hydrogens (tertiary/aromatic N) is 1. The third kappa shape index (κ3) is 6.51. The molecule has 5 saturated heterocycles. The number of halogens is 2. The minimum absolute atomic E-state index is 0.0447. The summed E-state index contributed by atoms with van der Waals surface area (Å²) in [7, 11) is 3.36. The lowest BCUT2D eigenvalue weighted by Crippen LogP contribution is -2.60. The van der Waals surface area contributed by atoms with Gasteiger partial charge < -0.3 is 25.0 Å². The highest BCUT2D eigenvalue weighted by atomic mass is 35.5. The lowest BCUT2D eigenvalue weighted by Gasteiger charge is -2.45.